The third-order valence-corrected chi connectivity index (χ3v) is 9.46. The lowest BCUT2D eigenvalue weighted by atomic mass is 9.90. The first kappa shape index (κ1) is 26.4. The van der Waals surface area contributed by atoms with Crippen molar-refractivity contribution in [2.45, 2.75) is 0 Å². The Labute approximate surface area is 268 Å². The van der Waals surface area contributed by atoms with Crippen molar-refractivity contribution in [1.82, 2.24) is 0 Å². The minimum atomic E-state index is 1.23. The van der Waals surface area contributed by atoms with Gasteiger partial charge in [-0.25, -0.2) is 0 Å². The molecule has 0 aliphatic rings. The highest BCUT2D eigenvalue weighted by molar-refractivity contribution is 6.11. The van der Waals surface area contributed by atoms with Gasteiger partial charge in [0.1, 0.15) is 0 Å². The number of hydrogen-bond donors (Lipinski definition) is 0. The highest BCUT2D eigenvalue weighted by atomic mass is 14.1. The standard InChI is InChI=1S/C46H30/c1-2-9-34(10-3-1)41-26-27-44(46-13-7-6-12-45(41)46)40-23-25-43-39(30-40)21-20-38-29-37(22-24-42(38)43)33-16-14-32(15-17-33)36-19-18-31-8-4-5-11-35(31)28-36/h1-30H. The third-order valence-electron chi connectivity index (χ3n) is 9.46. The number of fused-ring (bicyclic) bond motifs is 5. The van der Waals surface area contributed by atoms with Crippen molar-refractivity contribution in [3.8, 4) is 44.5 Å². The van der Waals surface area contributed by atoms with Gasteiger partial charge in [-0.2, -0.15) is 0 Å². The van der Waals surface area contributed by atoms with Gasteiger partial charge in [0.15, 0.2) is 0 Å². The van der Waals surface area contributed by atoms with Crippen molar-refractivity contribution in [3.63, 3.8) is 0 Å². The van der Waals surface area contributed by atoms with E-state index in [-0.39, 0.29) is 0 Å². The second kappa shape index (κ2) is 10.9. The van der Waals surface area contributed by atoms with Crippen LogP contribution in [0.15, 0.2) is 182 Å². The second-order valence-electron chi connectivity index (χ2n) is 12.1. The summed E-state index contributed by atoms with van der Waals surface area (Å²) in [4.78, 5) is 0. The molecule has 0 radical (unpaired) electrons. The van der Waals surface area contributed by atoms with Crippen molar-refractivity contribution in [2.75, 3.05) is 0 Å². The van der Waals surface area contributed by atoms with Crippen LogP contribution < -0.4 is 0 Å². The highest BCUT2D eigenvalue weighted by Gasteiger charge is 2.11. The maximum Gasteiger partial charge on any atom is -0.00992 e. The van der Waals surface area contributed by atoms with Gasteiger partial charge < -0.3 is 0 Å². The van der Waals surface area contributed by atoms with Crippen molar-refractivity contribution in [3.05, 3.63) is 182 Å². The van der Waals surface area contributed by atoms with Crippen LogP contribution in [0.5, 0.6) is 0 Å². The molecule has 0 bridgehead atoms. The molecule has 0 aliphatic carbocycles. The van der Waals surface area contributed by atoms with E-state index < -0.39 is 0 Å². The van der Waals surface area contributed by atoms with Gasteiger partial charge in [0.2, 0.25) is 0 Å². The van der Waals surface area contributed by atoms with Gasteiger partial charge in [-0.15, -0.1) is 0 Å². The number of rotatable bonds is 4. The Morgan fingerprint density at radius 3 is 1.28 bits per heavy atom. The molecule has 0 fully saturated rings. The van der Waals surface area contributed by atoms with E-state index in [0.717, 1.165) is 0 Å². The third kappa shape index (κ3) is 4.55. The Kier molecular flexibility index (Phi) is 6.25. The van der Waals surface area contributed by atoms with Crippen LogP contribution in [0.25, 0.3) is 87.6 Å². The van der Waals surface area contributed by atoms with Crippen molar-refractivity contribution >= 4 is 43.1 Å². The molecule has 0 unspecified atom stereocenters. The van der Waals surface area contributed by atoms with E-state index in [9.17, 15) is 0 Å². The summed E-state index contributed by atoms with van der Waals surface area (Å²) in [5, 5.41) is 10.2. The molecule has 0 spiro atoms. The highest BCUT2D eigenvalue weighted by Crippen LogP contribution is 2.38. The Hall–Kier alpha value is -5.98. The maximum absolute atomic E-state index is 2.35. The zero-order valence-corrected chi connectivity index (χ0v) is 25.3. The Morgan fingerprint density at radius 1 is 0.196 bits per heavy atom. The molecule has 0 nitrogen and oxygen atoms in total. The average Bonchev–Trinajstić information content (AvgIpc) is 3.14. The summed E-state index contributed by atoms with van der Waals surface area (Å²) in [5.74, 6) is 0. The molecule has 9 rings (SSSR count). The first-order chi connectivity index (χ1) is 22.8. The van der Waals surface area contributed by atoms with E-state index >= 15 is 0 Å². The molecular weight excluding hydrogens is 553 g/mol. The van der Waals surface area contributed by atoms with Crippen molar-refractivity contribution in [2.24, 2.45) is 0 Å². The minimum absolute atomic E-state index is 1.23. The fourth-order valence-electron chi connectivity index (χ4n) is 7.06. The fourth-order valence-corrected chi connectivity index (χ4v) is 7.06. The van der Waals surface area contributed by atoms with Gasteiger partial charge in [0.05, 0.1) is 0 Å². The largest absolute Gasteiger partial charge is 0.0622 e. The molecular formula is C46H30. The van der Waals surface area contributed by atoms with Crippen LogP contribution in [0.3, 0.4) is 0 Å². The monoisotopic (exact) mass is 582 g/mol. The first-order valence-electron chi connectivity index (χ1n) is 15.9. The summed E-state index contributed by atoms with van der Waals surface area (Å²) in [6, 6.07) is 66.5. The lowest BCUT2D eigenvalue weighted by molar-refractivity contribution is 1.61. The van der Waals surface area contributed by atoms with Crippen molar-refractivity contribution in [1.29, 1.82) is 0 Å². The number of hydrogen-bond acceptors (Lipinski definition) is 0. The molecule has 0 aliphatic heterocycles. The molecule has 0 atom stereocenters. The van der Waals surface area contributed by atoms with Crippen LogP contribution in [-0.2, 0) is 0 Å². The molecule has 9 aromatic rings. The maximum atomic E-state index is 2.35. The van der Waals surface area contributed by atoms with Gasteiger partial charge in [-0.3, -0.25) is 0 Å². The van der Waals surface area contributed by atoms with Crippen LogP contribution in [0.4, 0.5) is 0 Å². The lowest BCUT2D eigenvalue weighted by Crippen LogP contribution is -1.87. The van der Waals surface area contributed by atoms with Gasteiger partial charge in [-0.1, -0.05) is 164 Å². The molecule has 0 amide bonds. The normalized spacial score (nSPS) is 11.5. The SMILES string of the molecule is c1ccc(-c2ccc(-c3ccc4c(ccc5cc(-c6ccc(-c7ccc8ccccc8c7)cc6)ccc54)c3)c3ccccc23)cc1. The minimum Gasteiger partial charge on any atom is -0.0622 e. The lowest BCUT2D eigenvalue weighted by Gasteiger charge is -2.13. The summed E-state index contributed by atoms with van der Waals surface area (Å²) in [6.45, 7) is 0. The van der Waals surface area contributed by atoms with Gasteiger partial charge in [0.25, 0.3) is 0 Å². The van der Waals surface area contributed by atoms with Gasteiger partial charge in [-0.05, 0) is 106 Å². The summed E-state index contributed by atoms with van der Waals surface area (Å²) >= 11 is 0. The quantitative estimate of drug-likeness (QED) is 0.181. The molecule has 0 aromatic heterocycles. The smallest absolute Gasteiger partial charge is 0.00992 e. The Balaban J connectivity index is 1.06. The van der Waals surface area contributed by atoms with E-state index in [1.165, 1.54) is 87.6 Å². The molecule has 214 valence electrons. The molecule has 0 N–H and O–H groups in total. The van der Waals surface area contributed by atoms with E-state index in [0.29, 0.717) is 0 Å². The predicted octanol–water partition coefficient (Wildman–Crippen LogP) is 13.0. The van der Waals surface area contributed by atoms with Crippen LogP contribution >= 0.6 is 0 Å². The first-order valence-corrected chi connectivity index (χ1v) is 15.9. The predicted molar refractivity (Wildman–Crippen MR) is 198 cm³/mol. The molecule has 0 saturated carbocycles. The van der Waals surface area contributed by atoms with E-state index in [2.05, 4.69) is 182 Å². The van der Waals surface area contributed by atoms with E-state index in [4.69, 9.17) is 0 Å². The molecule has 0 heterocycles. The summed E-state index contributed by atoms with van der Waals surface area (Å²) in [5.41, 5.74) is 9.97. The topological polar surface area (TPSA) is 0 Å². The van der Waals surface area contributed by atoms with Crippen LogP contribution in [0.1, 0.15) is 0 Å². The second-order valence-corrected chi connectivity index (χ2v) is 12.1. The van der Waals surface area contributed by atoms with E-state index in [1.54, 1.807) is 0 Å². The zero-order valence-electron chi connectivity index (χ0n) is 25.3. The Morgan fingerprint density at radius 2 is 0.630 bits per heavy atom. The molecule has 0 heteroatoms. The summed E-state index contributed by atoms with van der Waals surface area (Å²) in [6.07, 6.45) is 0. The number of benzene rings is 9. The Bertz CT molecular complexity index is 2560. The van der Waals surface area contributed by atoms with Gasteiger partial charge in [0, 0.05) is 0 Å². The summed E-state index contributed by atoms with van der Waals surface area (Å²) in [7, 11) is 0. The van der Waals surface area contributed by atoms with Crippen LogP contribution in [-0.4, -0.2) is 0 Å². The molecule has 9 aromatic carbocycles. The van der Waals surface area contributed by atoms with Gasteiger partial charge >= 0.3 is 0 Å². The van der Waals surface area contributed by atoms with Crippen LogP contribution in [0.2, 0.25) is 0 Å². The van der Waals surface area contributed by atoms with Crippen molar-refractivity contribution < 1.29 is 0 Å². The molecule has 0 saturated heterocycles. The summed E-state index contributed by atoms with van der Waals surface area (Å²) < 4.78 is 0. The fraction of sp³-hybridized carbons (Fsp3) is 0. The zero-order chi connectivity index (χ0) is 30.5. The van der Waals surface area contributed by atoms with Crippen LogP contribution in [0, 0.1) is 0 Å². The average molecular weight is 583 g/mol. The molecule has 46 heavy (non-hydrogen) atoms. The van der Waals surface area contributed by atoms with E-state index in [1.807, 2.05) is 0 Å².